The summed E-state index contributed by atoms with van der Waals surface area (Å²) in [5.74, 6) is 1.46. The smallest absolute Gasteiger partial charge is 0.328 e. The van der Waals surface area contributed by atoms with Gasteiger partial charge in [-0.3, -0.25) is 4.90 Å². The van der Waals surface area contributed by atoms with E-state index in [0.29, 0.717) is 37.2 Å². The van der Waals surface area contributed by atoms with E-state index in [1.165, 1.54) is 7.11 Å². The molecular weight excluding hydrogens is 468 g/mol. The molecule has 0 saturated carbocycles. The van der Waals surface area contributed by atoms with Crippen LogP contribution in [0.3, 0.4) is 0 Å². The van der Waals surface area contributed by atoms with Crippen LogP contribution in [0.5, 0.6) is 0 Å². The van der Waals surface area contributed by atoms with E-state index in [1.54, 1.807) is 0 Å². The molecule has 1 saturated heterocycles. The zero-order valence-electron chi connectivity index (χ0n) is 22.8. The molecule has 1 aliphatic rings. The van der Waals surface area contributed by atoms with Gasteiger partial charge in [-0.25, -0.2) is 19.6 Å². The number of nitrogens with zero attached hydrogens (tertiary/aromatic N) is 4. The van der Waals surface area contributed by atoms with Crippen LogP contribution in [-0.2, 0) is 16.1 Å². The first-order valence-corrected chi connectivity index (χ1v) is 12.9. The fraction of sp³-hybridized carbons (Fsp3) is 0.500. The minimum Gasteiger partial charge on any atom is -0.467 e. The van der Waals surface area contributed by atoms with E-state index in [4.69, 9.17) is 14.7 Å². The Labute approximate surface area is 220 Å². The first-order chi connectivity index (χ1) is 17.7. The highest BCUT2D eigenvalue weighted by Gasteiger charge is 2.25. The number of hydrogen-bond acceptors (Lipinski definition) is 7. The van der Waals surface area contributed by atoms with Gasteiger partial charge in [0.1, 0.15) is 17.7 Å². The van der Waals surface area contributed by atoms with Gasteiger partial charge in [0.25, 0.3) is 0 Å². The number of para-hydroxylation sites is 1. The van der Waals surface area contributed by atoms with Crippen LogP contribution in [0.15, 0.2) is 48.2 Å². The summed E-state index contributed by atoms with van der Waals surface area (Å²) in [7, 11) is 1.39. The molecule has 0 bridgehead atoms. The summed E-state index contributed by atoms with van der Waals surface area (Å²) in [6.07, 6.45) is 5.98. The summed E-state index contributed by atoms with van der Waals surface area (Å²) in [6.45, 7) is 13.3. The van der Waals surface area contributed by atoms with E-state index in [2.05, 4.69) is 35.5 Å². The largest absolute Gasteiger partial charge is 0.467 e. The lowest BCUT2D eigenvalue weighted by Gasteiger charge is -2.34. The number of urea groups is 1. The quantitative estimate of drug-likeness (QED) is 0.387. The first-order valence-electron chi connectivity index (χ1n) is 12.9. The van der Waals surface area contributed by atoms with Crippen molar-refractivity contribution in [1.82, 2.24) is 25.1 Å². The number of methoxy groups -OCH3 is 1. The predicted molar refractivity (Wildman–Crippen MR) is 147 cm³/mol. The number of allylic oxidation sites excluding steroid dienone is 4. The molecule has 1 fully saturated rings. The van der Waals surface area contributed by atoms with Crippen molar-refractivity contribution in [3.8, 4) is 0 Å². The lowest BCUT2D eigenvalue weighted by molar-refractivity contribution is -0.142. The number of nitrogens with one attached hydrogen (secondary N) is 2. The SMILES string of the molecule is COC(=O)[C@@H](Nc1nc(CN2CCN(C(=O)N/C(C)=C/C=C/C(C)C)CC2)nc2ccccc12)C(C)C. The maximum absolute atomic E-state index is 12.7. The summed E-state index contributed by atoms with van der Waals surface area (Å²) >= 11 is 0. The van der Waals surface area contributed by atoms with Crippen LogP contribution in [0.4, 0.5) is 10.6 Å². The molecule has 1 aliphatic heterocycles. The van der Waals surface area contributed by atoms with E-state index in [-0.39, 0.29) is 17.9 Å². The summed E-state index contributed by atoms with van der Waals surface area (Å²) in [4.78, 5) is 38.6. The van der Waals surface area contributed by atoms with Crippen LogP contribution >= 0.6 is 0 Å². The average molecular weight is 509 g/mol. The molecule has 0 spiro atoms. The van der Waals surface area contributed by atoms with E-state index < -0.39 is 6.04 Å². The maximum atomic E-state index is 12.7. The van der Waals surface area contributed by atoms with Gasteiger partial charge in [-0.1, -0.05) is 52.0 Å². The van der Waals surface area contributed by atoms with Crippen LogP contribution in [0.2, 0.25) is 0 Å². The Kier molecular flexibility index (Phi) is 10.0. The topological polar surface area (TPSA) is 99.7 Å². The van der Waals surface area contributed by atoms with Gasteiger partial charge in [0.15, 0.2) is 0 Å². The molecule has 37 heavy (non-hydrogen) atoms. The van der Waals surface area contributed by atoms with Gasteiger partial charge in [0.05, 0.1) is 19.2 Å². The van der Waals surface area contributed by atoms with Crippen molar-refractivity contribution >= 4 is 28.7 Å². The number of amides is 2. The Morgan fingerprint density at radius 3 is 2.43 bits per heavy atom. The number of ether oxygens (including phenoxy) is 1. The van der Waals surface area contributed by atoms with E-state index in [9.17, 15) is 9.59 Å². The maximum Gasteiger partial charge on any atom is 0.328 e. The molecule has 0 radical (unpaired) electrons. The van der Waals surface area contributed by atoms with Gasteiger partial charge >= 0.3 is 12.0 Å². The Morgan fingerprint density at radius 2 is 1.78 bits per heavy atom. The molecular formula is C28H40N6O3. The second kappa shape index (κ2) is 13.2. The standard InChI is InChI=1S/C28H40N6O3/c1-19(2)10-9-11-21(5)29-28(36)34-16-14-33(15-17-34)18-24-30-23-13-8-7-12-22(23)26(31-24)32-25(20(3)4)27(35)37-6/h7-13,19-20,25H,14-18H2,1-6H3,(H,29,36)(H,30,31,32)/b10-9+,21-11+/t25-/m0/s1. The van der Waals surface area contributed by atoms with Crippen molar-refractivity contribution in [2.75, 3.05) is 38.6 Å². The second-order valence-electron chi connectivity index (χ2n) is 10.1. The number of aromatic nitrogens is 2. The molecule has 1 aromatic heterocycles. The summed E-state index contributed by atoms with van der Waals surface area (Å²) in [5, 5.41) is 7.11. The molecule has 0 unspecified atom stereocenters. The molecule has 1 aromatic carbocycles. The summed E-state index contributed by atoms with van der Waals surface area (Å²) in [5.41, 5.74) is 1.63. The highest BCUT2D eigenvalue weighted by Crippen LogP contribution is 2.23. The van der Waals surface area contributed by atoms with Crippen molar-refractivity contribution in [2.24, 2.45) is 11.8 Å². The zero-order valence-corrected chi connectivity index (χ0v) is 22.8. The Bertz CT molecular complexity index is 1140. The van der Waals surface area contributed by atoms with Gasteiger partial charge < -0.3 is 20.3 Å². The van der Waals surface area contributed by atoms with Crippen LogP contribution in [0.25, 0.3) is 10.9 Å². The lowest BCUT2D eigenvalue weighted by Crippen LogP contribution is -2.51. The molecule has 2 heterocycles. The van der Waals surface area contributed by atoms with Gasteiger partial charge in [-0.15, -0.1) is 0 Å². The molecule has 9 nitrogen and oxygen atoms in total. The monoisotopic (exact) mass is 508 g/mol. The van der Waals surface area contributed by atoms with Gasteiger partial charge in [0, 0.05) is 37.3 Å². The Hall–Kier alpha value is -3.46. The van der Waals surface area contributed by atoms with Gasteiger partial charge in [0.2, 0.25) is 0 Å². The van der Waals surface area contributed by atoms with Crippen molar-refractivity contribution < 1.29 is 14.3 Å². The number of piperazine rings is 1. The van der Waals surface area contributed by atoms with Crippen molar-refractivity contribution in [3.63, 3.8) is 0 Å². The van der Waals surface area contributed by atoms with Crippen molar-refractivity contribution in [3.05, 3.63) is 54.0 Å². The van der Waals surface area contributed by atoms with Crippen LogP contribution < -0.4 is 10.6 Å². The summed E-state index contributed by atoms with van der Waals surface area (Å²) in [6, 6.07) is 7.17. The summed E-state index contributed by atoms with van der Waals surface area (Å²) < 4.78 is 4.99. The first kappa shape index (κ1) is 28.1. The zero-order chi connectivity index (χ0) is 26.9. The third kappa shape index (κ3) is 8.01. The molecule has 2 N–H and O–H groups in total. The Balaban J connectivity index is 1.66. The van der Waals surface area contributed by atoms with Gasteiger partial charge in [-0.2, -0.15) is 0 Å². The highest BCUT2D eigenvalue weighted by atomic mass is 16.5. The van der Waals surface area contributed by atoms with Crippen LogP contribution in [-0.4, -0.2) is 71.1 Å². The van der Waals surface area contributed by atoms with Gasteiger partial charge in [-0.05, 0) is 37.0 Å². The molecule has 2 aromatic rings. The van der Waals surface area contributed by atoms with E-state index >= 15 is 0 Å². The number of hydrogen-bond donors (Lipinski definition) is 2. The average Bonchev–Trinajstić information content (AvgIpc) is 2.86. The van der Waals surface area contributed by atoms with Crippen molar-refractivity contribution in [1.29, 1.82) is 0 Å². The lowest BCUT2D eigenvalue weighted by atomic mass is 10.0. The number of esters is 1. The molecule has 1 atom stereocenters. The molecule has 3 rings (SSSR count). The van der Waals surface area contributed by atoms with E-state index in [0.717, 1.165) is 29.7 Å². The Morgan fingerprint density at radius 1 is 1.08 bits per heavy atom. The third-order valence-corrected chi connectivity index (χ3v) is 6.23. The number of fused-ring (bicyclic) bond motifs is 1. The minimum atomic E-state index is -0.517. The van der Waals surface area contributed by atoms with Crippen molar-refractivity contribution in [2.45, 2.75) is 47.2 Å². The number of rotatable bonds is 9. The van der Waals surface area contributed by atoms with E-state index in [1.807, 2.05) is 62.1 Å². The predicted octanol–water partition coefficient (Wildman–Crippen LogP) is 4.18. The molecule has 0 aliphatic carbocycles. The highest BCUT2D eigenvalue weighted by molar-refractivity contribution is 5.91. The fourth-order valence-electron chi connectivity index (χ4n) is 4.10. The van der Waals surface area contributed by atoms with Crippen LogP contribution in [0.1, 0.15) is 40.4 Å². The molecule has 2 amide bonds. The normalized spacial score (nSPS) is 16.0. The second-order valence-corrected chi connectivity index (χ2v) is 10.1. The molecule has 200 valence electrons. The number of anilines is 1. The number of carbonyl (C=O) groups is 2. The fourth-order valence-corrected chi connectivity index (χ4v) is 4.10. The third-order valence-electron chi connectivity index (χ3n) is 6.23. The number of carbonyl (C=O) groups excluding carboxylic acids is 2. The minimum absolute atomic E-state index is 0.0218. The molecule has 9 heteroatoms. The number of benzene rings is 1. The van der Waals surface area contributed by atoms with Crippen LogP contribution in [0, 0.1) is 11.8 Å².